The first-order valence-electron chi connectivity index (χ1n) is 7.34. The quantitative estimate of drug-likeness (QED) is 0.211. The predicted molar refractivity (Wildman–Crippen MR) is 84.5 cm³/mol. The normalized spacial score (nSPS) is 13.9. The molecule has 8 heteroatoms. The Kier molecular flexibility index (Phi) is 7.74. The van der Waals surface area contributed by atoms with Gasteiger partial charge in [0, 0.05) is 7.05 Å². The molecule has 0 aromatic carbocycles. The van der Waals surface area contributed by atoms with E-state index in [-0.39, 0.29) is 23.8 Å². The van der Waals surface area contributed by atoms with Crippen molar-refractivity contribution in [3.63, 3.8) is 0 Å². The summed E-state index contributed by atoms with van der Waals surface area (Å²) in [7, 11) is 1.45. The monoisotopic (exact) mass is 329 g/mol. The van der Waals surface area contributed by atoms with Gasteiger partial charge in [0.1, 0.15) is 6.04 Å². The maximum atomic E-state index is 12.4. The highest BCUT2D eigenvalue weighted by atomic mass is 16.5. The number of hydrogen-bond acceptors (Lipinski definition) is 5. The van der Waals surface area contributed by atoms with E-state index in [1.165, 1.54) is 12.5 Å². The van der Waals surface area contributed by atoms with E-state index in [9.17, 15) is 19.5 Å². The summed E-state index contributed by atoms with van der Waals surface area (Å²) >= 11 is 0. The van der Waals surface area contributed by atoms with Crippen LogP contribution in [0.3, 0.4) is 0 Å². The molecule has 0 aromatic heterocycles. The third-order valence-corrected chi connectivity index (χ3v) is 3.14. The summed E-state index contributed by atoms with van der Waals surface area (Å²) in [6.07, 6.45) is 0.107. The van der Waals surface area contributed by atoms with Gasteiger partial charge < -0.3 is 15.7 Å². The van der Waals surface area contributed by atoms with Crippen molar-refractivity contribution in [1.82, 2.24) is 16.1 Å². The number of hydroxylamine groups is 1. The lowest BCUT2D eigenvalue weighted by Crippen LogP contribution is -2.53. The van der Waals surface area contributed by atoms with Crippen molar-refractivity contribution in [3.05, 3.63) is 11.3 Å². The van der Waals surface area contributed by atoms with E-state index in [2.05, 4.69) is 10.6 Å². The molecule has 0 unspecified atom stereocenters. The van der Waals surface area contributed by atoms with Gasteiger partial charge in [-0.15, -0.1) is 0 Å². The van der Waals surface area contributed by atoms with Crippen LogP contribution in [0.1, 0.15) is 41.0 Å². The molecule has 0 rings (SSSR count). The van der Waals surface area contributed by atoms with Crippen molar-refractivity contribution in [1.29, 1.82) is 0 Å². The van der Waals surface area contributed by atoms with E-state index in [0.717, 1.165) is 0 Å². The highest BCUT2D eigenvalue weighted by Crippen LogP contribution is 2.21. The molecule has 0 saturated carbocycles. The average Bonchev–Trinajstić information content (AvgIpc) is 2.46. The third kappa shape index (κ3) is 6.27. The van der Waals surface area contributed by atoms with E-state index in [1.807, 2.05) is 0 Å². The Labute approximate surface area is 136 Å². The Balaban J connectivity index is 5.62. The number of hydrogen-bond donors (Lipinski definition) is 5. The molecule has 132 valence electrons. The molecule has 0 aromatic rings. The highest BCUT2D eigenvalue weighted by molar-refractivity contribution is 6.04. The van der Waals surface area contributed by atoms with Gasteiger partial charge >= 0.3 is 5.91 Å². The van der Waals surface area contributed by atoms with Crippen molar-refractivity contribution in [2.45, 2.75) is 47.1 Å². The number of aliphatic hydroxyl groups excluding tert-OH is 1. The minimum atomic E-state index is -1.18. The Morgan fingerprint density at radius 1 is 1.09 bits per heavy atom. The lowest BCUT2D eigenvalue weighted by Gasteiger charge is -2.30. The highest BCUT2D eigenvalue weighted by Gasteiger charge is 2.34. The fraction of sp³-hybridized carbons (Fsp3) is 0.667. The molecule has 0 radical (unpaired) electrons. The van der Waals surface area contributed by atoms with Crippen LogP contribution in [0, 0.1) is 11.3 Å². The van der Waals surface area contributed by atoms with E-state index in [0.29, 0.717) is 0 Å². The van der Waals surface area contributed by atoms with Crippen LogP contribution in [-0.2, 0) is 14.4 Å². The molecular formula is C15H27N3O5. The minimum absolute atomic E-state index is 0.0301. The van der Waals surface area contributed by atoms with Gasteiger partial charge in [0.15, 0.2) is 5.76 Å². The Bertz CT molecular complexity index is 492. The molecule has 0 aliphatic rings. The van der Waals surface area contributed by atoms with E-state index < -0.39 is 29.0 Å². The zero-order valence-electron chi connectivity index (χ0n) is 14.5. The number of aliphatic hydroxyl groups is 1. The van der Waals surface area contributed by atoms with Gasteiger partial charge in [-0.25, -0.2) is 5.48 Å². The Morgan fingerprint density at radius 2 is 1.61 bits per heavy atom. The first-order valence-corrected chi connectivity index (χ1v) is 7.34. The van der Waals surface area contributed by atoms with E-state index in [4.69, 9.17) is 5.21 Å². The molecule has 1 atom stereocenters. The van der Waals surface area contributed by atoms with E-state index in [1.54, 1.807) is 34.6 Å². The number of nitrogens with one attached hydrogen (secondary N) is 3. The van der Waals surface area contributed by atoms with Crippen LogP contribution in [0.15, 0.2) is 11.3 Å². The molecule has 5 N–H and O–H groups in total. The maximum absolute atomic E-state index is 12.4. The Hall–Kier alpha value is -2.09. The summed E-state index contributed by atoms with van der Waals surface area (Å²) in [5.41, 5.74) is 0.519. The molecule has 0 heterocycles. The first-order chi connectivity index (χ1) is 10.4. The second-order valence-electron chi connectivity index (χ2n) is 6.75. The van der Waals surface area contributed by atoms with Gasteiger partial charge in [-0.05, 0) is 17.8 Å². The summed E-state index contributed by atoms with van der Waals surface area (Å²) in [4.78, 5) is 35.8. The van der Waals surface area contributed by atoms with Crippen LogP contribution in [0.2, 0.25) is 0 Å². The fourth-order valence-electron chi connectivity index (χ4n) is 1.93. The van der Waals surface area contributed by atoms with Crippen LogP contribution in [0.25, 0.3) is 0 Å². The average molecular weight is 329 g/mol. The van der Waals surface area contributed by atoms with Gasteiger partial charge in [0.05, 0.1) is 5.57 Å². The van der Waals surface area contributed by atoms with E-state index >= 15 is 0 Å². The van der Waals surface area contributed by atoms with Crippen LogP contribution >= 0.6 is 0 Å². The number of rotatable bonds is 6. The van der Waals surface area contributed by atoms with Crippen molar-refractivity contribution < 1.29 is 24.7 Å². The van der Waals surface area contributed by atoms with Crippen LogP contribution < -0.4 is 16.1 Å². The predicted octanol–water partition coefficient (Wildman–Crippen LogP) is 0.627. The lowest BCUT2D eigenvalue weighted by atomic mass is 9.85. The number of carbonyl (C=O) groups excluding carboxylic acids is 3. The molecule has 8 nitrogen and oxygen atoms in total. The maximum Gasteiger partial charge on any atom is 0.309 e. The molecule has 0 spiro atoms. The third-order valence-electron chi connectivity index (χ3n) is 3.14. The van der Waals surface area contributed by atoms with Gasteiger partial charge in [-0.1, -0.05) is 34.6 Å². The molecule has 23 heavy (non-hydrogen) atoms. The molecule has 0 fully saturated rings. The topological polar surface area (TPSA) is 128 Å². The molecule has 0 bridgehead atoms. The molecule has 0 aliphatic carbocycles. The van der Waals surface area contributed by atoms with Gasteiger partial charge in [-0.2, -0.15) is 0 Å². The minimum Gasteiger partial charge on any atom is -0.503 e. The lowest BCUT2D eigenvalue weighted by molar-refractivity contribution is -0.130. The summed E-state index contributed by atoms with van der Waals surface area (Å²) in [6, 6.07) is -0.854. The zero-order chi connectivity index (χ0) is 18.4. The molecule has 3 amide bonds. The van der Waals surface area contributed by atoms with Crippen molar-refractivity contribution in [3.8, 4) is 0 Å². The summed E-state index contributed by atoms with van der Waals surface area (Å²) < 4.78 is 0. The Morgan fingerprint density at radius 3 is 1.96 bits per heavy atom. The van der Waals surface area contributed by atoms with Crippen LogP contribution in [0.5, 0.6) is 0 Å². The first kappa shape index (κ1) is 20.9. The molecular weight excluding hydrogens is 302 g/mol. The number of carbonyl (C=O) groups is 3. The summed E-state index contributed by atoms with van der Waals surface area (Å²) in [6.45, 7) is 8.94. The van der Waals surface area contributed by atoms with Gasteiger partial charge in [0.2, 0.25) is 5.91 Å². The largest absolute Gasteiger partial charge is 0.503 e. The number of likely N-dealkylation sites (N-methyl/N-ethyl adjacent to an activating group) is 1. The smallest absolute Gasteiger partial charge is 0.309 e. The summed E-state index contributed by atoms with van der Waals surface area (Å²) in [5.74, 6) is -3.20. The van der Waals surface area contributed by atoms with Crippen molar-refractivity contribution in [2.75, 3.05) is 7.05 Å². The zero-order valence-corrected chi connectivity index (χ0v) is 14.5. The second-order valence-corrected chi connectivity index (χ2v) is 6.75. The SMILES string of the molecule is CNC(=O)[C@@H](NC(=O)/C(CC(C)C)=C(\O)C(=O)NO)C(C)(C)C. The van der Waals surface area contributed by atoms with Crippen LogP contribution in [0.4, 0.5) is 0 Å². The van der Waals surface area contributed by atoms with Crippen molar-refractivity contribution >= 4 is 17.7 Å². The standard InChI is InChI=1S/C15H27N3O5/c1-8(2)7-9(10(19)13(21)18-23)12(20)17-11(14(22)16-6)15(3,4)5/h8,11,19,23H,7H2,1-6H3,(H,16,22)(H,17,20)(H,18,21)/b10-9-/t11-/m1/s1. The van der Waals surface area contributed by atoms with Gasteiger partial charge in [-0.3, -0.25) is 19.6 Å². The fourth-order valence-corrected chi connectivity index (χ4v) is 1.93. The second kappa shape index (κ2) is 8.52. The van der Waals surface area contributed by atoms with Crippen LogP contribution in [-0.4, -0.2) is 41.1 Å². The summed E-state index contributed by atoms with van der Waals surface area (Å²) in [5, 5.41) is 23.5. The van der Waals surface area contributed by atoms with Gasteiger partial charge in [0.25, 0.3) is 5.91 Å². The molecule has 0 saturated heterocycles. The molecule has 0 aliphatic heterocycles. The van der Waals surface area contributed by atoms with Crippen molar-refractivity contribution in [2.24, 2.45) is 11.3 Å². The number of amides is 3.